The highest BCUT2D eigenvalue weighted by molar-refractivity contribution is 7.29. The number of hydrogen-bond acceptors (Lipinski definition) is 9. The number of fused-ring (bicyclic) bond motifs is 4. The first-order valence-corrected chi connectivity index (χ1v) is 12.2. The van der Waals surface area contributed by atoms with Crippen LogP contribution in [0.15, 0.2) is 12.4 Å². The summed E-state index contributed by atoms with van der Waals surface area (Å²) in [5.41, 5.74) is 10.2. The first kappa shape index (κ1) is 21.6. The smallest absolute Gasteiger partial charge is 0.225 e. The molecule has 1 aromatic carbocycles. The molecule has 2 atom stereocenters. The molecule has 8 nitrogen and oxygen atoms in total. The van der Waals surface area contributed by atoms with E-state index in [2.05, 4.69) is 30.2 Å². The van der Waals surface area contributed by atoms with Gasteiger partial charge in [0.25, 0.3) is 0 Å². The minimum Gasteiger partial charge on any atom is -0.396 e. The van der Waals surface area contributed by atoms with E-state index < -0.39 is 5.82 Å². The lowest BCUT2D eigenvalue weighted by Crippen LogP contribution is -2.23. The van der Waals surface area contributed by atoms with E-state index >= 15 is 0 Å². The van der Waals surface area contributed by atoms with Crippen molar-refractivity contribution in [1.82, 2.24) is 15.0 Å². The summed E-state index contributed by atoms with van der Waals surface area (Å²) in [6.07, 6.45) is 3.89. The van der Waals surface area contributed by atoms with Gasteiger partial charge in [-0.2, -0.15) is 5.26 Å². The maximum absolute atomic E-state index is 14.6. The SMILES string of the molecule is N#Cc1c(N)sc2c(F)cnc(-c3c4c(c5cnc(N6CCC(CO)C6)nc5c3P)COC4)c12. The normalized spacial score (nSPS) is 17.6. The molecule has 2 unspecified atom stereocenters. The van der Waals surface area contributed by atoms with Crippen molar-refractivity contribution in [3.05, 3.63) is 34.9 Å². The summed E-state index contributed by atoms with van der Waals surface area (Å²) in [4.78, 5) is 16.0. The highest BCUT2D eigenvalue weighted by Gasteiger charge is 2.29. The van der Waals surface area contributed by atoms with E-state index in [1.54, 1.807) is 0 Å². The second-order valence-corrected chi connectivity index (χ2v) is 10.2. The lowest BCUT2D eigenvalue weighted by atomic mass is 9.94. The number of rotatable bonds is 3. The molecule has 0 radical (unpaired) electrons. The van der Waals surface area contributed by atoms with E-state index in [9.17, 15) is 14.8 Å². The fourth-order valence-corrected chi connectivity index (χ4v) is 6.40. The number of aromatic nitrogens is 3. The third-order valence-electron chi connectivity index (χ3n) is 6.66. The van der Waals surface area contributed by atoms with Crippen LogP contribution in [0.1, 0.15) is 23.1 Å². The lowest BCUT2D eigenvalue weighted by molar-refractivity contribution is 0.135. The number of nitrogens with zero attached hydrogens (tertiary/aromatic N) is 5. The topological polar surface area (TPSA) is 121 Å². The predicted molar refractivity (Wildman–Crippen MR) is 132 cm³/mol. The Labute approximate surface area is 200 Å². The number of benzene rings is 1. The average molecular weight is 494 g/mol. The van der Waals surface area contributed by atoms with Gasteiger partial charge < -0.3 is 20.5 Å². The zero-order chi connectivity index (χ0) is 23.6. The molecule has 11 heteroatoms. The standard InChI is InChI=1S/C23H20FN6O2PS/c24-15-5-27-19(17-11(3-25)22(26)34-21(15)17)16-14-9-32-8-13(14)12-4-28-23(29-18(12)20(16)33)30-2-1-10(6-30)7-31/h4-5,10,31H,1-2,6-9,26,33H2. The number of nitrogens with two attached hydrogens (primary N) is 1. The highest BCUT2D eigenvalue weighted by atomic mass is 32.1. The van der Waals surface area contributed by atoms with E-state index in [1.165, 1.54) is 6.20 Å². The van der Waals surface area contributed by atoms with Crippen LogP contribution in [0.5, 0.6) is 0 Å². The molecule has 5 heterocycles. The van der Waals surface area contributed by atoms with Gasteiger partial charge in [0.1, 0.15) is 11.1 Å². The van der Waals surface area contributed by atoms with Gasteiger partial charge in [-0.05, 0) is 17.5 Å². The maximum Gasteiger partial charge on any atom is 0.225 e. The van der Waals surface area contributed by atoms with Crippen molar-refractivity contribution in [2.75, 3.05) is 30.3 Å². The quantitative estimate of drug-likeness (QED) is 0.417. The molecule has 2 aliphatic heterocycles. The molecular weight excluding hydrogens is 474 g/mol. The fourth-order valence-electron chi connectivity index (χ4n) is 4.95. The van der Waals surface area contributed by atoms with Crippen molar-refractivity contribution in [2.24, 2.45) is 5.92 Å². The zero-order valence-corrected chi connectivity index (χ0v) is 20.0. The Morgan fingerprint density at radius 3 is 2.91 bits per heavy atom. The number of aliphatic hydroxyl groups excluding tert-OH is 1. The number of thiophene rings is 1. The molecule has 0 amide bonds. The first-order valence-electron chi connectivity index (χ1n) is 10.8. The van der Waals surface area contributed by atoms with Gasteiger partial charge in [-0.15, -0.1) is 20.6 Å². The summed E-state index contributed by atoms with van der Waals surface area (Å²) >= 11 is 1.05. The summed E-state index contributed by atoms with van der Waals surface area (Å²) in [5, 5.41) is 21.6. The van der Waals surface area contributed by atoms with Crippen LogP contribution in [0, 0.1) is 23.1 Å². The molecule has 34 heavy (non-hydrogen) atoms. The van der Waals surface area contributed by atoms with E-state index in [0.29, 0.717) is 41.5 Å². The van der Waals surface area contributed by atoms with Crippen LogP contribution in [-0.4, -0.2) is 39.8 Å². The Kier molecular flexibility index (Phi) is 5.12. The maximum atomic E-state index is 14.6. The van der Waals surface area contributed by atoms with Gasteiger partial charge in [-0.1, -0.05) is 0 Å². The molecule has 0 saturated carbocycles. The van der Waals surface area contributed by atoms with Crippen molar-refractivity contribution >= 4 is 57.8 Å². The Bertz CT molecular complexity index is 1530. The molecule has 172 valence electrons. The monoisotopic (exact) mass is 494 g/mol. The number of nitriles is 1. The van der Waals surface area contributed by atoms with Gasteiger partial charge in [0, 0.05) is 53.5 Å². The molecule has 1 saturated heterocycles. The van der Waals surface area contributed by atoms with Gasteiger partial charge in [0.2, 0.25) is 5.95 Å². The summed E-state index contributed by atoms with van der Waals surface area (Å²) in [7, 11) is 2.76. The number of hydrogen-bond donors (Lipinski definition) is 2. The van der Waals surface area contributed by atoms with Gasteiger partial charge >= 0.3 is 0 Å². The number of nitrogen functional groups attached to an aromatic ring is 1. The minimum atomic E-state index is -0.506. The van der Waals surface area contributed by atoms with Gasteiger partial charge in [-0.25, -0.2) is 14.4 Å². The zero-order valence-electron chi connectivity index (χ0n) is 18.0. The van der Waals surface area contributed by atoms with Crippen LogP contribution in [0.4, 0.5) is 15.3 Å². The van der Waals surface area contributed by atoms with Gasteiger partial charge in [0.15, 0.2) is 5.82 Å². The van der Waals surface area contributed by atoms with Crippen LogP contribution in [0.3, 0.4) is 0 Å². The van der Waals surface area contributed by atoms with E-state index in [-0.39, 0.29) is 23.1 Å². The Hall–Kier alpha value is -2.96. The lowest BCUT2D eigenvalue weighted by Gasteiger charge is -2.19. The molecule has 0 aliphatic carbocycles. The highest BCUT2D eigenvalue weighted by Crippen LogP contribution is 2.43. The molecule has 0 bridgehead atoms. The number of ether oxygens (including phenoxy) is 1. The molecule has 6 rings (SSSR count). The Morgan fingerprint density at radius 1 is 1.32 bits per heavy atom. The molecule has 0 spiro atoms. The third-order valence-corrected chi connectivity index (χ3v) is 8.25. The first-order chi connectivity index (χ1) is 16.5. The molecule has 3 aromatic heterocycles. The number of pyridine rings is 1. The number of anilines is 2. The third kappa shape index (κ3) is 3.08. The van der Waals surface area contributed by atoms with Crippen molar-refractivity contribution in [3.8, 4) is 17.3 Å². The predicted octanol–water partition coefficient (Wildman–Crippen LogP) is 2.85. The largest absolute Gasteiger partial charge is 0.396 e. The van der Waals surface area contributed by atoms with Gasteiger partial charge in [0.05, 0.1) is 40.9 Å². The molecule has 2 aliphatic rings. The Morgan fingerprint density at radius 2 is 2.15 bits per heavy atom. The fraction of sp³-hybridized carbons (Fsp3) is 0.304. The molecule has 3 N–H and O–H groups in total. The Balaban J connectivity index is 1.63. The minimum absolute atomic E-state index is 0.144. The summed E-state index contributed by atoms with van der Waals surface area (Å²) in [5.74, 6) is 0.309. The summed E-state index contributed by atoms with van der Waals surface area (Å²) < 4.78 is 20.8. The number of aliphatic hydroxyl groups is 1. The number of halogens is 1. The summed E-state index contributed by atoms with van der Waals surface area (Å²) in [6.45, 7) is 2.41. The van der Waals surface area contributed by atoms with Crippen LogP contribution >= 0.6 is 20.6 Å². The van der Waals surface area contributed by atoms with Crippen molar-refractivity contribution in [1.29, 1.82) is 5.26 Å². The van der Waals surface area contributed by atoms with Crippen molar-refractivity contribution in [2.45, 2.75) is 19.6 Å². The second-order valence-electron chi connectivity index (χ2n) is 8.57. The van der Waals surface area contributed by atoms with Crippen LogP contribution in [-0.2, 0) is 18.0 Å². The molecular formula is C23H20FN6O2PS. The summed E-state index contributed by atoms with van der Waals surface area (Å²) in [6, 6.07) is 2.12. The van der Waals surface area contributed by atoms with Crippen LogP contribution in [0.2, 0.25) is 0 Å². The van der Waals surface area contributed by atoms with E-state index in [0.717, 1.165) is 57.2 Å². The van der Waals surface area contributed by atoms with E-state index in [4.69, 9.17) is 15.5 Å². The van der Waals surface area contributed by atoms with Gasteiger partial charge in [-0.3, -0.25) is 4.98 Å². The van der Waals surface area contributed by atoms with Crippen LogP contribution in [0.25, 0.3) is 32.2 Å². The van der Waals surface area contributed by atoms with Crippen molar-refractivity contribution < 1.29 is 14.2 Å². The van der Waals surface area contributed by atoms with Crippen LogP contribution < -0.4 is 15.9 Å². The van der Waals surface area contributed by atoms with E-state index in [1.807, 2.05) is 6.20 Å². The second kappa shape index (κ2) is 8.07. The molecule has 1 fully saturated rings. The van der Waals surface area contributed by atoms with Crippen molar-refractivity contribution in [3.63, 3.8) is 0 Å². The molecule has 4 aromatic rings. The average Bonchev–Trinajstić information content (AvgIpc) is 3.58.